The molecular weight excluding hydrogens is 196 g/mol. The molecule has 0 aromatic heterocycles. The van der Waals surface area contributed by atoms with Crippen molar-refractivity contribution in [1.82, 2.24) is 0 Å². The number of ether oxygens (including phenoxy) is 1. The maximum atomic E-state index is 11.7. The van der Waals surface area contributed by atoms with Gasteiger partial charge in [-0.05, 0) is 19.8 Å². The standard InChI is InChI=1S/C11H14O4/c1-11(7-4-2-3-5-7)9(12)6-8(15-11)10(13)14/h6-7H,2-5H2,1H3,(H,13,14). The molecule has 0 aromatic carbocycles. The second-order valence-electron chi connectivity index (χ2n) is 4.37. The Morgan fingerprint density at radius 2 is 2.13 bits per heavy atom. The molecule has 4 nitrogen and oxygen atoms in total. The molecule has 1 unspecified atom stereocenters. The monoisotopic (exact) mass is 210 g/mol. The maximum absolute atomic E-state index is 11.7. The summed E-state index contributed by atoms with van der Waals surface area (Å²) in [6.45, 7) is 1.71. The summed E-state index contributed by atoms with van der Waals surface area (Å²) in [4.78, 5) is 22.4. The van der Waals surface area contributed by atoms with E-state index < -0.39 is 11.6 Å². The van der Waals surface area contributed by atoms with Crippen molar-refractivity contribution in [1.29, 1.82) is 0 Å². The number of ketones is 1. The van der Waals surface area contributed by atoms with Crippen LogP contribution >= 0.6 is 0 Å². The first-order valence-corrected chi connectivity index (χ1v) is 5.22. The largest absolute Gasteiger partial charge is 0.475 e. The molecule has 1 aliphatic heterocycles. The van der Waals surface area contributed by atoms with Crippen LogP contribution in [0, 0.1) is 5.92 Å². The molecule has 0 saturated heterocycles. The SMILES string of the molecule is CC1(C2CCCC2)OC(C(=O)O)=CC1=O. The molecule has 0 radical (unpaired) electrons. The molecule has 1 atom stereocenters. The number of carbonyl (C=O) groups excluding carboxylic acids is 1. The number of aliphatic carboxylic acids is 1. The number of hydrogen-bond acceptors (Lipinski definition) is 3. The fourth-order valence-electron chi connectivity index (χ4n) is 2.44. The third-order valence-electron chi connectivity index (χ3n) is 3.42. The summed E-state index contributed by atoms with van der Waals surface area (Å²) in [6.07, 6.45) is 5.20. The predicted octanol–water partition coefficient (Wildman–Crippen LogP) is 1.50. The zero-order valence-electron chi connectivity index (χ0n) is 8.66. The van der Waals surface area contributed by atoms with Gasteiger partial charge in [0.1, 0.15) is 0 Å². The quantitative estimate of drug-likeness (QED) is 0.750. The van der Waals surface area contributed by atoms with Crippen LogP contribution in [0.15, 0.2) is 11.8 Å². The van der Waals surface area contributed by atoms with Crippen molar-refractivity contribution in [2.45, 2.75) is 38.2 Å². The third kappa shape index (κ3) is 1.54. The van der Waals surface area contributed by atoms with Gasteiger partial charge in [-0.25, -0.2) is 4.79 Å². The van der Waals surface area contributed by atoms with Gasteiger partial charge >= 0.3 is 5.97 Å². The maximum Gasteiger partial charge on any atom is 0.371 e. The Morgan fingerprint density at radius 3 is 2.60 bits per heavy atom. The second kappa shape index (κ2) is 3.36. The lowest BCUT2D eigenvalue weighted by atomic mass is 9.85. The van der Waals surface area contributed by atoms with E-state index in [-0.39, 0.29) is 17.5 Å². The van der Waals surface area contributed by atoms with Crippen LogP contribution in [0.5, 0.6) is 0 Å². The van der Waals surface area contributed by atoms with Crippen molar-refractivity contribution in [2.75, 3.05) is 0 Å². The van der Waals surface area contributed by atoms with Gasteiger partial charge in [0.15, 0.2) is 5.60 Å². The van der Waals surface area contributed by atoms with Crippen LogP contribution in [0.25, 0.3) is 0 Å². The molecule has 0 spiro atoms. The van der Waals surface area contributed by atoms with E-state index in [1.165, 1.54) is 0 Å². The fraction of sp³-hybridized carbons (Fsp3) is 0.636. The second-order valence-corrected chi connectivity index (χ2v) is 4.37. The van der Waals surface area contributed by atoms with Gasteiger partial charge in [0.2, 0.25) is 11.5 Å². The van der Waals surface area contributed by atoms with Crippen molar-refractivity contribution in [2.24, 2.45) is 5.92 Å². The summed E-state index contributed by atoms with van der Waals surface area (Å²) in [5.41, 5.74) is -0.926. The fourth-order valence-corrected chi connectivity index (χ4v) is 2.44. The first-order valence-electron chi connectivity index (χ1n) is 5.22. The Balaban J connectivity index is 2.19. The number of carboxylic acid groups (broad SMARTS) is 1. The molecule has 0 aromatic rings. The van der Waals surface area contributed by atoms with E-state index in [4.69, 9.17) is 9.84 Å². The van der Waals surface area contributed by atoms with Gasteiger partial charge in [0.25, 0.3) is 0 Å². The molecule has 0 bridgehead atoms. The average Bonchev–Trinajstić information content (AvgIpc) is 2.76. The summed E-state index contributed by atoms with van der Waals surface area (Å²) < 4.78 is 5.32. The number of carbonyl (C=O) groups is 2. The lowest BCUT2D eigenvalue weighted by Gasteiger charge is -2.29. The van der Waals surface area contributed by atoms with E-state index in [0.717, 1.165) is 31.8 Å². The van der Waals surface area contributed by atoms with Crippen molar-refractivity contribution in [3.8, 4) is 0 Å². The Hall–Kier alpha value is -1.32. The van der Waals surface area contributed by atoms with E-state index in [0.29, 0.717) is 0 Å². The van der Waals surface area contributed by atoms with Gasteiger partial charge in [-0.2, -0.15) is 0 Å². The highest BCUT2D eigenvalue weighted by Gasteiger charge is 2.48. The van der Waals surface area contributed by atoms with Crippen LogP contribution in [0.4, 0.5) is 0 Å². The summed E-state index contributed by atoms with van der Waals surface area (Å²) in [5.74, 6) is -1.41. The summed E-state index contributed by atoms with van der Waals surface area (Å²) in [5, 5.41) is 8.76. The van der Waals surface area contributed by atoms with Crippen molar-refractivity contribution in [3.05, 3.63) is 11.8 Å². The molecule has 1 N–H and O–H groups in total. The zero-order valence-corrected chi connectivity index (χ0v) is 8.66. The first-order chi connectivity index (χ1) is 7.04. The van der Waals surface area contributed by atoms with Crippen molar-refractivity contribution >= 4 is 11.8 Å². The zero-order chi connectivity index (χ0) is 11.1. The minimum Gasteiger partial charge on any atom is -0.475 e. The first kappa shape index (κ1) is 10.2. The lowest BCUT2D eigenvalue weighted by Crippen LogP contribution is -2.40. The topological polar surface area (TPSA) is 63.6 Å². The van der Waals surface area contributed by atoms with E-state index in [1.807, 2.05) is 0 Å². The van der Waals surface area contributed by atoms with E-state index in [2.05, 4.69) is 0 Å². The summed E-state index contributed by atoms with van der Waals surface area (Å²) >= 11 is 0. The van der Waals surface area contributed by atoms with Crippen LogP contribution in [-0.4, -0.2) is 22.5 Å². The van der Waals surface area contributed by atoms with Crippen LogP contribution in [0.1, 0.15) is 32.6 Å². The molecular formula is C11H14O4. The predicted molar refractivity (Wildman–Crippen MR) is 52.2 cm³/mol. The summed E-state index contributed by atoms with van der Waals surface area (Å²) in [7, 11) is 0. The highest BCUT2D eigenvalue weighted by molar-refractivity contribution is 6.05. The molecule has 82 valence electrons. The highest BCUT2D eigenvalue weighted by Crippen LogP contribution is 2.41. The minimum absolute atomic E-state index is 0.165. The van der Waals surface area contributed by atoms with Gasteiger partial charge in [-0.15, -0.1) is 0 Å². The summed E-state index contributed by atoms with van der Waals surface area (Å²) in [6, 6.07) is 0. The molecule has 2 rings (SSSR count). The molecule has 4 heteroatoms. The average molecular weight is 210 g/mol. The third-order valence-corrected chi connectivity index (χ3v) is 3.42. The Morgan fingerprint density at radius 1 is 1.53 bits per heavy atom. The molecule has 1 fully saturated rings. The van der Waals surface area contributed by atoms with Crippen molar-refractivity contribution in [3.63, 3.8) is 0 Å². The molecule has 2 aliphatic rings. The molecule has 1 aliphatic carbocycles. The minimum atomic E-state index is -1.16. The van der Waals surface area contributed by atoms with E-state index in [1.54, 1.807) is 6.92 Å². The lowest BCUT2D eigenvalue weighted by molar-refractivity contribution is -0.143. The van der Waals surface area contributed by atoms with Gasteiger partial charge < -0.3 is 9.84 Å². The van der Waals surface area contributed by atoms with Crippen LogP contribution in [0.3, 0.4) is 0 Å². The van der Waals surface area contributed by atoms with Gasteiger partial charge in [-0.3, -0.25) is 4.79 Å². The van der Waals surface area contributed by atoms with Crippen LogP contribution in [-0.2, 0) is 14.3 Å². The Bertz CT molecular complexity index is 338. The van der Waals surface area contributed by atoms with Gasteiger partial charge in [0, 0.05) is 12.0 Å². The Kier molecular flexibility index (Phi) is 2.29. The van der Waals surface area contributed by atoms with E-state index in [9.17, 15) is 9.59 Å². The number of hydrogen-bond donors (Lipinski definition) is 1. The van der Waals surface area contributed by atoms with Gasteiger partial charge in [0.05, 0.1) is 0 Å². The number of carboxylic acids is 1. The highest BCUT2D eigenvalue weighted by atomic mass is 16.5. The van der Waals surface area contributed by atoms with E-state index >= 15 is 0 Å². The van der Waals surface area contributed by atoms with Crippen LogP contribution in [0.2, 0.25) is 0 Å². The molecule has 1 heterocycles. The normalized spacial score (nSPS) is 31.5. The number of rotatable bonds is 2. The molecule has 1 saturated carbocycles. The smallest absolute Gasteiger partial charge is 0.371 e. The van der Waals surface area contributed by atoms with Crippen molar-refractivity contribution < 1.29 is 19.4 Å². The molecule has 0 amide bonds. The Labute approximate surface area is 87.9 Å². The van der Waals surface area contributed by atoms with Gasteiger partial charge in [-0.1, -0.05) is 12.8 Å². The molecule has 15 heavy (non-hydrogen) atoms. The van der Waals surface area contributed by atoms with Crippen LogP contribution < -0.4 is 0 Å².